The number of thioether (sulfide) groups is 1. The lowest BCUT2D eigenvalue weighted by atomic mass is 10.1. The molecule has 7 heteroatoms. The number of rotatable bonds is 7. The fourth-order valence-corrected chi connectivity index (χ4v) is 3.08. The Balaban J connectivity index is 2.17. The number of esters is 1. The molecule has 130 valence electrons. The molecular weight excluding hydrogens is 336 g/mol. The molecule has 0 fully saturated rings. The van der Waals surface area contributed by atoms with E-state index in [0.29, 0.717) is 34.2 Å². The minimum Gasteiger partial charge on any atom is -0.465 e. The topological polar surface area (TPSA) is 102 Å². The first-order valence-corrected chi connectivity index (χ1v) is 8.94. The van der Waals surface area contributed by atoms with Crippen LogP contribution in [0.3, 0.4) is 0 Å². The highest BCUT2D eigenvalue weighted by Crippen LogP contribution is 2.24. The molecule has 1 heterocycles. The van der Waals surface area contributed by atoms with Gasteiger partial charge in [0.25, 0.3) is 0 Å². The van der Waals surface area contributed by atoms with Gasteiger partial charge in [0.05, 0.1) is 18.4 Å². The van der Waals surface area contributed by atoms with Crippen LogP contribution < -0.4 is 5.73 Å². The zero-order chi connectivity index (χ0) is 18.2. The number of anilines is 1. The minimum atomic E-state index is -0.368. The number of unbranched alkanes of at least 4 members (excludes halogenated alkanes) is 1. The summed E-state index contributed by atoms with van der Waals surface area (Å²) < 4.78 is 4.73. The molecule has 0 aliphatic carbocycles. The molecule has 0 unspecified atom stereocenters. The summed E-state index contributed by atoms with van der Waals surface area (Å²) in [5, 5.41) is 9.78. The highest BCUT2D eigenvalue weighted by atomic mass is 32.2. The van der Waals surface area contributed by atoms with Gasteiger partial charge in [0.15, 0.2) is 5.16 Å². The fraction of sp³-hybridized carbons (Fsp3) is 0.333. The van der Waals surface area contributed by atoms with Crippen molar-refractivity contribution >= 4 is 23.5 Å². The zero-order valence-corrected chi connectivity index (χ0v) is 15.1. The maximum atomic E-state index is 11.6. The smallest absolute Gasteiger partial charge is 0.337 e. The molecule has 1 aromatic heterocycles. The lowest BCUT2D eigenvalue weighted by Crippen LogP contribution is -2.05. The number of hydrogen-bond donors (Lipinski definition) is 1. The lowest BCUT2D eigenvalue weighted by Gasteiger charge is -2.08. The maximum Gasteiger partial charge on any atom is 0.337 e. The van der Waals surface area contributed by atoms with E-state index in [2.05, 4.69) is 23.0 Å². The average molecular weight is 356 g/mol. The van der Waals surface area contributed by atoms with Crippen LogP contribution in [0.25, 0.3) is 0 Å². The number of nitrogen functional groups attached to an aromatic ring is 1. The Morgan fingerprint density at radius 1 is 1.40 bits per heavy atom. The predicted octanol–water partition coefficient (Wildman–Crippen LogP) is 3.35. The summed E-state index contributed by atoms with van der Waals surface area (Å²) >= 11 is 1.42. The Morgan fingerprint density at radius 3 is 2.88 bits per heavy atom. The maximum absolute atomic E-state index is 11.6. The summed E-state index contributed by atoms with van der Waals surface area (Å²) in [5.74, 6) is 0.436. The summed E-state index contributed by atoms with van der Waals surface area (Å²) in [7, 11) is 1.36. The minimum absolute atomic E-state index is 0.217. The van der Waals surface area contributed by atoms with Gasteiger partial charge in [-0.2, -0.15) is 5.26 Å². The number of nitriles is 1. The second-order valence-corrected chi connectivity index (χ2v) is 6.35. The van der Waals surface area contributed by atoms with Crippen LogP contribution >= 0.6 is 11.8 Å². The van der Waals surface area contributed by atoms with Crippen molar-refractivity contribution in [3.63, 3.8) is 0 Å². The third-order valence-electron chi connectivity index (χ3n) is 3.59. The Labute approximate surface area is 151 Å². The van der Waals surface area contributed by atoms with E-state index in [9.17, 15) is 10.1 Å². The lowest BCUT2D eigenvalue weighted by molar-refractivity contribution is 0.0600. The molecule has 1 aromatic carbocycles. The van der Waals surface area contributed by atoms with Crippen molar-refractivity contribution in [1.29, 1.82) is 5.26 Å². The average Bonchev–Trinajstić information content (AvgIpc) is 2.64. The van der Waals surface area contributed by atoms with E-state index < -0.39 is 0 Å². The number of nitrogens with two attached hydrogens (primary N) is 1. The number of nitrogens with zero attached hydrogens (tertiary/aromatic N) is 3. The SMILES string of the molecule is CCCCc1nc(SCc2cccc(C(=O)OC)c2)nc(N)c1C#N. The molecule has 0 saturated heterocycles. The van der Waals surface area contributed by atoms with Crippen LogP contribution in [-0.2, 0) is 16.9 Å². The van der Waals surface area contributed by atoms with Crippen LogP contribution in [0.4, 0.5) is 5.82 Å². The molecule has 0 aliphatic heterocycles. The van der Waals surface area contributed by atoms with Gasteiger partial charge in [0.1, 0.15) is 17.5 Å². The van der Waals surface area contributed by atoms with E-state index in [1.54, 1.807) is 12.1 Å². The number of aryl methyl sites for hydroxylation is 1. The van der Waals surface area contributed by atoms with E-state index in [1.807, 2.05) is 12.1 Å². The molecule has 2 rings (SSSR count). The van der Waals surface area contributed by atoms with Gasteiger partial charge in [-0.05, 0) is 30.5 Å². The quantitative estimate of drug-likeness (QED) is 0.461. The molecule has 0 saturated carbocycles. The molecule has 0 amide bonds. The summed E-state index contributed by atoms with van der Waals surface area (Å²) in [6.07, 6.45) is 2.66. The first-order chi connectivity index (χ1) is 12.1. The van der Waals surface area contributed by atoms with Crippen LogP contribution in [0, 0.1) is 11.3 Å². The van der Waals surface area contributed by atoms with Gasteiger partial charge in [0.2, 0.25) is 0 Å². The second-order valence-electron chi connectivity index (χ2n) is 5.41. The Morgan fingerprint density at radius 2 is 2.20 bits per heavy atom. The normalized spacial score (nSPS) is 10.3. The molecule has 2 N–H and O–H groups in total. The van der Waals surface area contributed by atoms with Crippen LogP contribution in [0.1, 0.15) is 46.9 Å². The number of ether oxygens (including phenoxy) is 1. The highest BCUT2D eigenvalue weighted by molar-refractivity contribution is 7.98. The predicted molar refractivity (Wildman–Crippen MR) is 97.1 cm³/mol. The zero-order valence-electron chi connectivity index (χ0n) is 14.3. The van der Waals surface area contributed by atoms with Crippen molar-refractivity contribution in [3.8, 4) is 6.07 Å². The number of carbonyl (C=O) groups excluding carboxylic acids is 1. The molecule has 0 aliphatic rings. The van der Waals surface area contributed by atoms with Crippen LogP contribution in [0.5, 0.6) is 0 Å². The van der Waals surface area contributed by atoms with Crippen molar-refractivity contribution in [2.45, 2.75) is 37.1 Å². The van der Waals surface area contributed by atoms with Gasteiger partial charge < -0.3 is 10.5 Å². The molecule has 0 bridgehead atoms. The van der Waals surface area contributed by atoms with Crippen molar-refractivity contribution in [3.05, 3.63) is 46.6 Å². The van der Waals surface area contributed by atoms with E-state index >= 15 is 0 Å². The first kappa shape index (κ1) is 18.7. The van der Waals surface area contributed by atoms with Crippen LogP contribution in [0.15, 0.2) is 29.4 Å². The standard InChI is InChI=1S/C18H20N4O2S/c1-3-4-8-15-14(10-19)16(20)22-18(21-15)25-11-12-6-5-7-13(9-12)17(23)24-2/h5-7,9H,3-4,8,11H2,1-2H3,(H2,20,21,22). The van der Waals surface area contributed by atoms with Crippen molar-refractivity contribution in [1.82, 2.24) is 9.97 Å². The molecule has 0 spiro atoms. The molecule has 25 heavy (non-hydrogen) atoms. The van der Waals surface area contributed by atoms with Crippen LogP contribution in [-0.4, -0.2) is 23.0 Å². The van der Waals surface area contributed by atoms with Gasteiger partial charge in [-0.25, -0.2) is 14.8 Å². The molecule has 0 atom stereocenters. The third-order valence-corrected chi connectivity index (χ3v) is 4.50. The largest absolute Gasteiger partial charge is 0.465 e. The number of methoxy groups -OCH3 is 1. The summed E-state index contributed by atoms with van der Waals surface area (Å²) in [5.41, 5.74) is 8.43. The number of hydrogen-bond acceptors (Lipinski definition) is 7. The van der Waals surface area contributed by atoms with Gasteiger partial charge in [-0.3, -0.25) is 0 Å². The number of carbonyl (C=O) groups is 1. The summed E-state index contributed by atoms with van der Waals surface area (Å²) in [4.78, 5) is 20.3. The van der Waals surface area contributed by atoms with Crippen LogP contribution in [0.2, 0.25) is 0 Å². The summed E-state index contributed by atoms with van der Waals surface area (Å²) in [6.45, 7) is 2.08. The van der Waals surface area contributed by atoms with Gasteiger partial charge in [0, 0.05) is 5.75 Å². The highest BCUT2D eigenvalue weighted by Gasteiger charge is 2.13. The molecular formula is C18H20N4O2S. The molecule has 0 radical (unpaired) electrons. The summed E-state index contributed by atoms with van der Waals surface area (Å²) in [6, 6.07) is 9.31. The number of benzene rings is 1. The van der Waals surface area contributed by atoms with Crippen molar-refractivity contribution in [2.24, 2.45) is 0 Å². The Kier molecular flexibility index (Phi) is 6.78. The van der Waals surface area contributed by atoms with Gasteiger partial charge in [-0.1, -0.05) is 37.2 Å². The van der Waals surface area contributed by atoms with E-state index in [-0.39, 0.29) is 11.8 Å². The Bertz CT molecular complexity index is 802. The number of aromatic nitrogens is 2. The Hall–Kier alpha value is -2.59. The monoisotopic (exact) mass is 356 g/mol. The third kappa shape index (κ3) is 4.94. The van der Waals surface area contributed by atoms with Gasteiger partial charge >= 0.3 is 5.97 Å². The fourth-order valence-electron chi connectivity index (χ4n) is 2.27. The van der Waals surface area contributed by atoms with E-state index in [0.717, 1.165) is 18.4 Å². The van der Waals surface area contributed by atoms with Gasteiger partial charge in [-0.15, -0.1) is 0 Å². The van der Waals surface area contributed by atoms with Crippen molar-refractivity contribution < 1.29 is 9.53 Å². The second kappa shape index (κ2) is 9.04. The first-order valence-electron chi connectivity index (χ1n) is 7.95. The van der Waals surface area contributed by atoms with E-state index in [4.69, 9.17) is 10.5 Å². The molecule has 2 aromatic rings. The van der Waals surface area contributed by atoms with E-state index in [1.165, 1.54) is 18.9 Å². The van der Waals surface area contributed by atoms with Crippen molar-refractivity contribution in [2.75, 3.05) is 12.8 Å². The molecule has 6 nitrogen and oxygen atoms in total.